The van der Waals surface area contributed by atoms with Gasteiger partial charge in [-0.2, -0.15) is 0 Å². The number of benzene rings is 2. The molecule has 0 saturated carbocycles. The van der Waals surface area contributed by atoms with Crippen LogP contribution in [0.15, 0.2) is 79.3 Å². The fourth-order valence-electron chi connectivity index (χ4n) is 3.88. The highest BCUT2D eigenvalue weighted by Gasteiger charge is 2.56. The molecule has 140 valence electrons. The highest BCUT2D eigenvalue weighted by Crippen LogP contribution is 2.44. The number of hydrogen-bond acceptors (Lipinski definition) is 3. The number of para-hydroxylation sites is 1. The largest absolute Gasteiger partial charge is 0.487 e. The molecule has 4 rings (SSSR count). The number of rotatable bonds is 8. The van der Waals surface area contributed by atoms with E-state index in [0.717, 1.165) is 30.6 Å². The molecule has 0 saturated heterocycles. The molecule has 2 aromatic rings. The van der Waals surface area contributed by atoms with Crippen LogP contribution < -0.4 is 4.74 Å². The SMILES string of the molecule is CCC1(C(Oc2ccccc2Cc2ccccc2)C2(CC)C=CO2)C=CO1. The van der Waals surface area contributed by atoms with E-state index in [-0.39, 0.29) is 6.10 Å². The number of hydrogen-bond donors (Lipinski definition) is 0. The van der Waals surface area contributed by atoms with Crippen LogP contribution in [-0.2, 0) is 15.9 Å². The summed E-state index contributed by atoms with van der Waals surface area (Å²) in [6.07, 6.45) is 9.95. The maximum Gasteiger partial charge on any atom is 0.185 e. The van der Waals surface area contributed by atoms with Gasteiger partial charge in [-0.25, -0.2) is 0 Å². The zero-order chi connectivity index (χ0) is 18.7. The Balaban J connectivity index is 1.66. The van der Waals surface area contributed by atoms with Crippen molar-refractivity contribution in [3.05, 3.63) is 90.4 Å². The molecule has 3 heteroatoms. The Bertz CT molecular complexity index is 814. The van der Waals surface area contributed by atoms with E-state index in [1.807, 2.05) is 18.2 Å². The summed E-state index contributed by atoms with van der Waals surface area (Å²) >= 11 is 0. The summed E-state index contributed by atoms with van der Waals surface area (Å²) < 4.78 is 18.5. The van der Waals surface area contributed by atoms with Crippen molar-refractivity contribution in [3.8, 4) is 5.75 Å². The summed E-state index contributed by atoms with van der Waals surface area (Å²) in [5.41, 5.74) is 1.51. The van der Waals surface area contributed by atoms with Gasteiger partial charge in [0.05, 0.1) is 12.5 Å². The maximum absolute atomic E-state index is 6.66. The van der Waals surface area contributed by atoms with Gasteiger partial charge < -0.3 is 14.2 Å². The summed E-state index contributed by atoms with van der Waals surface area (Å²) in [4.78, 5) is 0. The lowest BCUT2D eigenvalue weighted by molar-refractivity contribution is -0.161. The first-order valence-corrected chi connectivity index (χ1v) is 9.71. The molecule has 2 aromatic carbocycles. The lowest BCUT2D eigenvalue weighted by atomic mass is 9.76. The van der Waals surface area contributed by atoms with Crippen molar-refractivity contribution < 1.29 is 14.2 Å². The van der Waals surface area contributed by atoms with Gasteiger partial charge in [0.2, 0.25) is 0 Å². The second kappa shape index (κ2) is 7.15. The molecule has 2 aliphatic heterocycles. The van der Waals surface area contributed by atoms with Gasteiger partial charge >= 0.3 is 0 Å². The van der Waals surface area contributed by atoms with Crippen molar-refractivity contribution in [1.82, 2.24) is 0 Å². The summed E-state index contributed by atoms with van der Waals surface area (Å²) in [5.74, 6) is 0.889. The third-order valence-corrected chi connectivity index (χ3v) is 5.72. The number of ether oxygens (including phenoxy) is 3. The summed E-state index contributed by atoms with van der Waals surface area (Å²) in [7, 11) is 0. The van der Waals surface area contributed by atoms with E-state index in [4.69, 9.17) is 14.2 Å². The highest BCUT2D eigenvalue weighted by atomic mass is 16.6. The Morgan fingerprint density at radius 3 is 1.89 bits per heavy atom. The summed E-state index contributed by atoms with van der Waals surface area (Å²) in [6.45, 7) is 4.25. The molecule has 0 amide bonds. The average molecular weight is 362 g/mol. The van der Waals surface area contributed by atoms with Crippen molar-refractivity contribution in [2.75, 3.05) is 0 Å². The molecule has 0 fully saturated rings. The third kappa shape index (κ3) is 3.12. The van der Waals surface area contributed by atoms with Crippen LogP contribution in [0.1, 0.15) is 37.8 Å². The average Bonchev–Trinajstić information content (AvgIpc) is 2.63. The fourth-order valence-corrected chi connectivity index (χ4v) is 3.88. The smallest absolute Gasteiger partial charge is 0.185 e. The molecule has 0 spiro atoms. The van der Waals surface area contributed by atoms with Crippen molar-refractivity contribution in [3.63, 3.8) is 0 Å². The summed E-state index contributed by atoms with van der Waals surface area (Å²) in [5, 5.41) is 0. The fraction of sp³-hybridized carbons (Fsp3) is 0.333. The van der Waals surface area contributed by atoms with Gasteiger partial charge in [0.1, 0.15) is 5.75 Å². The molecule has 0 bridgehead atoms. The lowest BCUT2D eigenvalue weighted by Crippen LogP contribution is -2.63. The molecule has 0 radical (unpaired) electrons. The Morgan fingerprint density at radius 2 is 1.37 bits per heavy atom. The van der Waals surface area contributed by atoms with E-state index in [2.05, 4.69) is 62.4 Å². The van der Waals surface area contributed by atoms with E-state index >= 15 is 0 Å². The van der Waals surface area contributed by atoms with E-state index < -0.39 is 11.2 Å². The lowest BCUT2D eigenvalue weighted by Gasteiger charge is -2.51. The minimum absolute atomic E-state index is 0.244. The monoisotopic (exact) mass is 362 g/mol. The van der Waals surface area contributed by atoms with Crippen LogP contribution in [0.5, 0.6) is 5.75 Å². The first-order valence-electron chi connectivity index (χ1n) is 9.71. The molecular formula is C24H26O3. The molecule has 2 aliphatic rings. The van der Waals surface area contributed by atoms with Crippen molar-refractivity contribution >= 4 is 0 Å². The molecule has 0 aliphatic carbocycles. The van der Waals surface area contributed by atoms with Gasteiger partial charge in [0.25, 0.3) is 0 Å². The molecule has 3 nitrogen and oxygen atoms in total. The Labute approximate surface area is 161 Å². The molecule has 0 N–H and O–H groups in total. The van der Waals surface area contributed by atoms with Crippen molar-refractivity contribution in [2.24, 2.45) is 0 Å². The molecule has 0 aromatic heterocycles. The quantitative estimate of drug-likeness (QED) is 0.628. The zero-order valence-electron chi connectivity index (χ0n) is 15.9. The molecule has 2 heterocycles. The molecule has 2 atom stereocenters. The van der Waals surface area contributed by atoms with Gasteiger partial charge in [-0.05, 0) is 42.2 Å². The van der Waals surface area contributed by atoms with Crippen LogP contribution in [0, 0.1) is 0 Å². The van der Waals surface area contributed by atoms with Gasteiger partial charge in [-0.1, -0.05) is 62.4 Å². The molecular weight excluding hydrogens is 336 g/mol. The van der Waals surface area contributed by atoms with Crippen LogP contribution >= 0.6 is 0 Å². The topological polar surface area (TPSA) is 27.7 Å². The standard InChI is InChI=1S/C24H26O3/c1-3-23(14-16-25-23)22(24(4-2)15-17-26-24)27-21-13-9-8-12-20(21)18-19-10-6-5-7-11-19/h5-17,22H,3-4,18H2,1-2H3. The normalized spacial score (nSPS) is 26.3. The molecule has 2 unspecified atom stereocenters. The van der Waals surface area contributed by atoms with Crippen LogP contribution in [0.25, 0.3) is 0 Å². The second-order valence-corrected chi connectivity index (χ2v) is 7.23. The van der Waals surface area contributed by atoms with E-state index in [1.165, 1.54) is 5.56 Å². The highest BCUT2D eigenvalue weighted by molar-refractivity contribution is 5.39. The van der Waals surface area contributed by atoms with Crippen LogP contribution in [-0.4, -0.2) is 17.3 Å². The van der Waals surface area contributed by atoms with Gasteiger partial charge in [0, 0.05) is 6.42 Å². The van der Waals surface area contributed by atoms with Gasteiger partial charge in [-0.3, -0.25) is 0 Å². The third-order valence-electron chi connectivity index (χ3n) is 5.72. The van der Waals surface area contributed by atoms with E-state index in [9.17, 15) is 0 Å². The molecule has 27 heavy (non-hydrogen) atoms. The minimum Gasteiger partial charge on any atom is -0.487 e. The zero-order valence-corrected chi connectivity index (χ0v) is 15.9. The Kier molecular flexibility index (Phi) is 4.69. The Hall–Kier alpha value is -2.68. The predicted molar refractivity (Wildman–Crippen MR) is 107 cm³/mol. The van der Waals surface area contributed by atoms with Gasteiger partial charge in [0.15, 0.2) is 17.3 Å². The van der Waals surface area contributed by atoms with Crippen LogP contribution in [0.4, 0.5) is 0 Å². The van der Waals surface area contributed by atoms with E-state index in [1.54, 1.807) is 12.5 Å². The van der Waals surface area contributed by atoms with Crippen LogP contribution in [0.2, 0.25) is 0 Å². The minimum atomic E-state index is -0.458. The van der Waals surface area contributed by atoms with Gasteiger partial charge in [-0.15, -0.1) is 0 Å². The predicted octanol–water partition coefficient (Wildman–Crippen LogP) is 5.41. The van der Waals surface area contributed by atoms with Crippen molar-refractivity contribution in [1.29, 1.82) is 0 Å². The van der Waals surface area contributed by atoms with Crippen LogP contribution in [0.3, 0.4) is 0 Å². The first-order chi connectivity index (χ1) is 13.2. The van der Waals surface area contributed by atoms with E-state index in [0.29, 0.717) is 0 Å². The summed E-state index contributed by atoms with van der Waals surface area (Å²) in [6, 6.07) is 18.7. The second-order valence-electron chi connectivity index (χ2n) is 7.23. The maximum atomic E-state index is 6.66. The van der Waals surface area contributed by atoms with Crippen molar-refractivity contribution in [2.45, 2.75) is 50.4 Å². The first kappa shape index (κ1) is 17.7. The Morgan fingerprint density at radius 1 is 0.815 bits per heavy atom.